The van der Waals surface area contributed by atoms with E-state index in [4.69, 9.17) is 0 Å². The van der Waals surface area contributed by atoms with Crippen molar-refractivity contribution in [3.63, 3.8) is 0 Å². The quantitative estimate of drug-likeness (QED) is 0.890. The van der Waals surface area contributed by atoms with Crippen molar-refractivity contribution >= 4 is 5.91 Å². The highest BCUT2D eigenvalue weighted by Crippen LogP contribution is 2.37. The number of benzene rings is 1. The van der Waals surface area contributed by atoms with Gasteiger partial charge in [-0.25, -0.2) is 13.2 Å². The molecule has 6 heteroatoms. The molecule has 3 nitrogen and oxygen atoms in total. The summed E-state index contributed by atoms with van der Waals surface area (Å²) in [6.45, 7) is -0.327. The predicted octanol–water partition coefficient (Wildman–Crippen LogP) is 3.63. The molecule has 1 heterocycles. The molecular weight excluding hydrogens is 293 g/mol. The van der Waals surface area contributed by atoms with Gasteiger partial charge in [-0.05, 0) is 24.8 Å². The number of hydrogen-bond acceptors (Lipinski definition) is 1. The van der Waals surface area contributed by atoms with Crippen LogP contribution in [0.1, 0.15) is 46.8 Å². The van der Waals surface area contributed by atoms with Gasteiger partial charge in [0.1, 0.15) is 17.5 Å². The number of halogens is 3. The molecule has 2 aromatic rings. The fourth-order valence-corrected chi connectivity index (χ4v) is 2.62. The van der Waals surface area contributed by atoms with Crippen LogP contribution in [0.15, 0.2) is 24.4 Å². The summed E-state index contributed by atoms with van der Waals surface area (Å²) in [6.07, 6.45) is 4.88. The van der Waals surface area contributed by atoms with E-state index in [0.717, 1.165) is 25.0 Å². The van der Waals surface area contributed by atoms with Crippen LogP contribution in [0.2, 0.25) is 0 Å². The Bertz CT molecular complexity index is 684. The minimum Gasteiger partial charge on any atom is -0.364 e. The van der Waals surface area contributed by atoms with E-state index in [1.165, 1.54) is 0 Å². The van der Waals surface area contributed by atoms with E-state index in [1.54, 1.807) is 12.3 Å². The first-order valence-electron chi connectivity index (χ1n) is 7.15. The number of amides is 1. The van der Waals surface area contributed by atoms with Crippen molar-refractivity contribution in [2.75, 3.05) is 0 Å². The second-order valence-corrected chi connectivity index (χ2v) is 5.46. The molecule has 0 spiro atoms. The summed E-state index contributed by atoms with van der Waals surface area (Å²) in [4.78, 5) is 15.2. The third-order valence-electron chi connectivity index (χ3n) is 4.07. The molecule has 2 N–H and O–H groups in total. The highest BCUT2D eigenvalue weighted by molar-refractivity contribution is 5.95. The van der Waals surface area contributed by atoms with Gasteiger partial charge in [-0.15, -0.1) is 0 Å². The molecule has 1 aromatic heterocycles. The Morgan fingerprint density at radius 3 is 2.50 bits per heavy atom. The number of hydrogen-bond donors (Lipinski definition) is 2. The predicted molar refractivity (Wildman–Crippen MR) is 74.9 cm³/mol. The Hall–Kier alpha value is -2.24. The molecule has 1 aliphatic carbocycles. The highest BCUT2D eigenvalue weighted by atomic mass is 19.1. The molecule has 0 atom stereocenters. The van der Waals surface area contributed by atoms with Gasteiger partial charge < -0.3 is 10.3 Å². The van der Waals surface area contributed by atoms with Gasteiger partial charge in [-0.3, -0.25) is 4.79 Å². The Morgan fingerprint density at radius 1 is 1.23 bits per heavy atom. The van der Waals surface area contributed by atoms with Crippen LogP contribution in [-0.4, -0.2) is 10.9 Å². The maximum absolute atomic E-state index is 13.5. The zero-order chi connectivity index (χ0) is 15.7. The summed E-state index contributed by atoms with van der Waals surface area (Å²) in [5.41, 5.74) is 1.01. The fourth-order valence-electron chi connectivity index (χ4n) is 2.62. The number of aromatic amines is 1. The van der Waals surface area contributed by atoms with E-state index < -0.39 is 23.4 Å². The van der Waals surface area contributed by atoms with Crippen molar-refractivity contribution in [1.29, 1.82) is 0 Å². The average Bonchev–Trinajstić information content (AvgIpc) is 2.84. The lowest BCUT2D eigenvalue weighted by Crippen LogP contribution is -2.26. The molecule has 1 aliphatic rings. The third-order valence-corrected chi connectivity index (χ3v) is 4.07. The van der Waals surface area contributed by atoms with Crippen LogP contribution in [0.4, 0.5) is 13.2 Å². The number of carbonyl (C=O) groups excluding carboxylic acids is 1. The van der Waals surface area contributed by atoms with Crippen molar-refractivity contribution in [3.05, 3.63) is 58.7 Å². The van der Waals surface area contributed by atoms with E-state index in [9.17, 15) is 18.0 Å². The molecule has 1 aromatic carbocycles. The lowest BCUT2D eigenvalue weighted by atomic mass is 9.81. The maximum atomic E-state index is 13.5. The van der Waals surface area contributed by atoms with Gasteiger partial charge in [0.15, 0.2) is 0 Å². The molecule has 1 fully saturated rings. The monoisotopic (exact) mass is 308 g/mol. The molecule has 0 saturated heterocycles. The van der Waals surface area contributed by atoms with Crippen LogP contribution in [0.3, 0.4) is 0 Å². The SMILES string of the molecule is O=C(NCc1c(F)cc(F)cc1F)c1cc[nH]c1C1CCC1. The van der Waals surface area contributed by atoms with Gasteiger partial charge in [0.2, 0.25) is 0 Å². The summed E-state index contributed by atoms with van der Waals surface area (Å²) in [6, 6.07) is 2.85. The molecule has 0 bridgehead atoms. The minimum atomic E-state index is -1.01. The van der Waals surface area contributed by atoms with E-state index >= 15 is 0 Å². The zero-order valence-corrected chi connectivity index (χ0v) is 11.8. The lowest BCUT2D eigenvalue weighted by molar-refractivity contribution is 0.0948. The standard InChI is InChI=1S/C16H15F3N2O/c17-10-6-13(18)12(14(19)7-10)8-21-16(22)11-4-5-20-15(11)9-2-1-3-9/h4-7,9,20H,1-3,8H2,(H,21,22). The van der Waals surface area contributed by atoms with Crippen molar-refractivity contribution < 1.29 is 18.0 Å². The summed E-state index contributed by atoms with van der Waals surface area (Å²) < 4.78 is 39.9. The first-order chi connectivity index (χ1) is 10.6. The van der Waals surface area contributed by atoms with Crippen molar-refractivity contribution in [1.82, 2.24) is 10.3 Å². The van der Waals surface area contributed by atoms with Gasteiger partial charge >= 0.3 is 0 Å². The number of rotatable bonds is 4. The Morgan fingerprint density at radius 2 is 1.91 bits per heavy atom. The second kappa shape index (κ2) is 5.87. The van der Waals surface area contributed by atoms with E-state index in [2.05, 4.69) is 10.3 Å². The van der Waals surface area contributed by atoms with Crippen molar-refractivity contribution in [2.24, 2.45) is 0 Å². The normalized spacial score (nSPS) is 14.7. The minimum absolute atomic E-state index is 0.327. The number of H-pyrrole nitrogens is 1. The summed E-state index contributed by atoms with van der Waals surface area (Å²) in [5, 5.41) is 2.48. The highest BCUT2D eigenvalue weighted by Gasteiger charge is 2.25. The third kappa shape index (κ3) is 2.73. The van der Waals surface area contributed by atoms with Crippen molar-refractivity contribution in [2.45, 2.75) is 31.7 Å². The molecule has 0 radical (unpaired) electrons. The second-order valence-electron chi connectivity index (χ2n) is 5.46. The molecular formula is C16H15F3N2O. The van der Waals surface area contributed by atoms with Gasteiger partial charge in [-0.2, -0.15) is 0 Å². The first kappa shape index (κ1) is 14.7. The summed E-state index contributed by atoms with van der Waals surface area (Å²) in [7, 11) is 0. The van der Waals surface area contributed by atoms with Gasteiger partial charge in [0.25, 0.3) is 5.91 Å². The van der Waals surface area contributed by atoms with E-state index in [0.29, 0.717) is 23.6 Å². The van der Waals surface area contributed by atoms with Crippen LogP contribution in [0.25, 0.3) is 0 Å². The molecule has 0 unspecified atom stereocenters. The Balaban J connectivity index is 1.72. The lowest BCUT2D eigenvalue weighted by Gasteiger charge is -2.25. The Labute approximate surface area is 125 Å². The molecule has 1 saturated carbocycles. The van der Waals surface area contributed by atoms with Crippen LogP contribution in [-0.2, 0) is 6.54 Å². The van der Waals surface area contributed by atoms with E-state index in [-0.39, 0.29) is 12.1 Å². The molecule has 3 rings (SSSR count). The maximum Gasteiger partial charge on any atom is 0.253 e. The first-order valence-corrected chi connectivity index (χ1v) is 7.15. The number of carbonyl (C=O) groups is 1. The van der Waals surface area contributed by atoms with E-state index in [1.807, 2.05) is 0 Å². The smallest absolute Gasteiger partial charge is 0.253 e. The molecule has 1 amide bonds. The van der Waals surface area contributed by atoms with Crippen LogP contribution >= 0.6 is 0 Å². The zero-order valence-electron chi connectivity index (χ0n) is 11.8. The topological polar surface area (TPSA) is 44.9 Å². The van der Waals surface area contributed by atoms with Crippen LogP contribution in [0, 0.1) is 17.5 Å². The van der Waals surface area contributed by atoms with Gasteiger partial charge in [0.05, 0.1) is 5.56 Å². The largest absolute Gasteiger partial charge is 0.364 e. The summed E-state index contributed by atoms with van der Waals surface area (Å²) in [5.74, 6) is -3.05. The Kier molecular flexibility index (Phi) is 3.92. The van der Waals surface area contributed by atoms with Gasteiger partial charge in [0, 0.05) is 36.1 Å². The molecule has 116 valence electrons. The van der Waals surface area contributed by atoms with Crippen molar-refractivity contribution in [3.8, 4) is 0 Å². The summed E-state index contributed by atoms with van der Waals surface area (Å²) >= 11 is 0. The van der Waals surface area contributed by atoms with Crippen LogP contribution < -0.4 is 5.32 Å². The number of nitrogens with one attached hydrogen (secondary N) is 2. The molecule has 22 heavy (non-hydrogen) atoms. The van der Waals surface area contributed by atoms with Gasteiger partial charge in [-0.1, -0.05) is 6.42 Å². The number of aromatic nitrogens is 1. The fraction of sp³-hybridized carbons (Fsp3) is 0.312. The van der Waals surface area contributed by atoms with Crippen LogP contribution in [0.5, 0.6) is 0 Å². The average molecular weight is 308 g/mol. The molecule has 0 aliphatic heterocycles.